The highest BCUT2D eigenvalue weighted by Crippen LogP contribution is 2.19. The van der Waals surface area contributed by atoms with Crippen LogP contribution in [0.5, 0.6) is 0 Å². The van der Waals surface area contributed by atoms with Gasteiger partial charge in [-0.2, -0.15) is 0 Å². The average molecular weight is 323 g/mol. The normalized spacial score (nSPS) is 16.3. The number of anilines is 1. The fourth-order valence-corrected chi connectivity index (χ4v) is 3.13. The minimum atomic E-state index is -0.131. The molecule has 24 heavy (non-hydrogen) atoms. The monoisotopic (exact) mass is 323 g/mol. The molecule has 2 aromatic rings. The van der Waals surface area contributed by atoms with E-state index in [9.17, 15) is 4.79 Å². The standard InChI is InChI=1S/C20H25N3O/c1-16(17-9-5-4-6-10-17)22-20(24)19-12-11-18(15-21-19)23-13-7-2-3-8-14-23/h4-6,9-12,15-16H,2-3,7-8,13-14H2,1H3,(H,22,24). The number of pyridine rings is 1. The predicted octanol–water partition coefficient (Wildman–Crippen LogP) is 3.95. The van der Waals surface area contributed by atoms with Crippen LogP contribution in [0.25, 0.3) is 0 Å². The van der Waals surface area contributed by atoms with Crippen LogP contribution in [0.4, 0.5) is 5.69 Å². The summed E-state index contributed by atoms with van der Waals surface area (Å²) in [5, 5.41) is 3.01. The van der Waals surface area contributed by atoms with E-state index in [0.29, 0.717) is 5.69 Å². The molecule has 0 saturated carbocycles. The second-order valence-corrected chi connectivity index (χ2v) is 6.41. The highest BCUT2D eigenvalue weighted by molar-refractivity contribution is 5.92. The lowest BCUT2D eigenvalue weighted by Gasteiger charge is -2.22. The Balaban J connectivity index is 1.63. The summed E-state index contributed by atoms with van der Waals surface area (Å²) in [6.07, 6.45) is 6.91. The number of carbonyl (C=O) groups excluding carboxylic acids is 1. The molecular weight excluding hydrogens is 298 g/mol. The molecule has 1 amide bonds. The lowest BCUT2D eigenvalue weighted by Crippen LogP contribution is -2.28. The first-order valence-electron chi connectivity index (χ1n) is 8.81. The van der Waals surface area contributed by atoms with Crippen LogP contribution in [0.2, 0.25) is 0 Å². The predicted molar refractivity (Wildman–Crippen MR) is 97.2 cm³/mol. The van der Waals surface area contributed by atoms with Gasteiger partial charge in [-0.3, -0.25) is 4.79 Å². The number of rotatable bonds is 4. The van der Waals surface area contributed by atoms with E-state index in [1.165, 1.54) is 25.7 Å². The summed E-state index contributed by atoms with van der Waals surface area (Å²) >= 11 is 0. The van der Waals surface area contributed by atoms with Gasteiger partial charge in [0.05, 0.1) is 17.9 Å². The van der Waals surface area contributed by atoms with E-state index in [1.54, 1.807) is 0 Å². The third-order valence-electron chi connectivity index (χ3n) is 4.60. The molecule has 126 valence electrons. The van der Waals surface area contributed by atoms with Gasteiger partial charge in [0.25, 0.3) is 5.91 Å². The van der Waals surface area contributed by atoms with Crippen LogP contribution in [0.15, 0.2) is 48.7 Å². The Bertz CT molecular complexity index is 646. The maximum atomic E-state index is 12.4. The van der Waals surface area contributed by atoms with Gasteiger partial charge in [0.15, 0.2) is 0 Å². The summed E-state index contributed by atoms with van der Waals surface area (Å²) in [7, 11) is 0. The van der Waals surface area contributed by atoms with E-state index < -0.39 is 0 Å². The lowest BCUT2D eigenvalue weighted by molar-refractivity contribution is 0.0935. The Hall–Kier alpha value is -2.36. The zero-order valence-electron chi connectivity index (χ0n) is 14.2. The molecule has 0 radical (unpaired) electrons. The number of benzene rings is 1. The van der Waals surface area contributed by atoms with Gasteiger partial charge >= 0.3 is 0 Å². The zero-order chi connectivity index (χ0) is 16.8. The van der Waals surface area contributed by atoms with Gasteiger partial charge in [-0.15, -0.1) is 0 Å². The molecule has 1 aliphatic heterocycles. The molecule has 1 saturated heterocycles. The van der Waals surface area contributed by atoms with Crippen LogP contribution in [-0.2, 0) is 0 Å². The van der Waals surface area contributed by atoms with Gasteiger partial charge in [0.2, 0.25) is 0 Å². The van der Waals surface area contributed by atoms with Crippen molar-refractivity contribution < 1.29 is 4.79 Å². The van der Waals surface area contributed by atoms with Crippen LogP contribution in [-0.4, -0.2) is 24.0 Å². The molecule has 4 heteroatoms. The molecule has 0 bridgehead atoms. The largest absolute Gasteiger partial charge is 0.370 e. The van der Waals surface area contributed by atoms with Crippen LogP contribution >= 0.6 is 0 Å². The van der Waals surface area contributed by atoms with E-state index in [0.717, 1.165) is 24.3 Å². The maximum Gasteiger partial charge on any atom is 0.270 e. The van der Waals surface area contributed by atoms with Crippen molar-refractivity contribution in [2.24, 2.45) is 0 Å². The molecule has 0 aliphatic carbocycles. The first-order chi connectivity index (χ1) is 11.7. The number of carbonyl (C=O) groups is 1. The highest BCUT2D eigenvalue weighted by Gasteiger charge is 2.14. The van der Waals surface area contributed by atoms with Gasteiger partial charge in [0, 0.05) is 13.1 Å². The van der Waals surface area contributed by atoms with Crippen molar-refractivity contribution in [2.45, 2.75) is 38.6 Å². The topological polar surface area (TPSA) is 45.2 Å². The molecule has 1 fully saturated rings. The fourth-order valence-electron chi connectivity index (χ4n) is 3.13. The summed E-state index contributed by atoms with van der Waals surface area (Å²) < 4.78 is 0. The molecule has 3 rings (SSSR count). The van der Waals surface area contributed by atoms with Crippen molar-refractivity contribution in [1.82, 2.24) is 10.3 Å². The number of aromatic nitrogens is 1. The zero-order valence-corrected chi connectivity index (χ0v) is 14.2. The number of hydrogen-bond acceptors (Lipinski definition) is 3. The van der Waals surface area contributed by atoms with Crippen molar-refractivity contribution in [1.29, 1.82) is 0 Å². The number of hydrogen-bond donors (Lipinski definition) is 1. The fraction of sp³-hybridized carbons (Fsp3) is 0.400. The SMILES string of the molecule is CC(NC(=O)c1ccc(N2CCCCCC2)cn1)c1ccccc1. The number of nitrogens with zero attached hydrogens (tertiary/aromatic N) is 2. The summed E-state index contributed by atoms with van der Waals surface area (Å²) in [5.74, 6) is -0.131. The number of nitrogens with one attached hydrogen (secondary N) is 1. The van der Waals surface area contributed by atoms with E-state index in [1.807, 2.05) is 55.6 Å². The maximum absolute atomic E-state index is 12.4. The van der Waals surface area contributed by atoms with Gasteiger partial charge < -0.3 is 10.2 Å². The lowest BCUT2D eigenvalue weighted by atomic mass is 10.1. The number of amides is 1. The van der Waals surface area contributed by atoms with Gasteiger partial charge in [-0.25, -0.2) is 4.98 Å². The van der Waals surface area contributed by atoms with Crippen LogP contribution in [0, 0.1) is 0 Å². The molecule has 1 aromatic heterocycles. The van der Waals surface area contributed by atoms with Crippen molar-refractivity contribution in [2.75, 3.05) is 18.0 Å². The quantitative estimate of drug-likeness (QED) is 0.926. The Kier molecular flexibility index (Phi) is 5.47. The molecule has 1 atom stereocenters. The van der Waals surface area contributed by atoms with Crippen molar-refractivity contribution in [3.8, 4) is 0 Å². The van der Waals surface area contributed by atoms with Crippen LogP contribution in [0.1, 0.15) is 54.7 Å². The van der Waals surface area contributed by atoms with Crippen LogP contribution < -0.4 is 10.2 Å². The average Bonchev–Trinajstić information content (AvgIpc) is 2.92. The van der Waals surface area contributed by atoms with Crippen molar-refractivity contribution >= 4 is 11.6 Å². The summed E-state index contributed by atoms with van der Waals surface area (Å²) in [6, 6.07) is 13.8. The van der Waals surface area contributed by atoms with Crippen molar-refractivity contribution in [3.63, 3.8) is 0 Å². The highest BCUT2D eigenvalue weighted by atomic mass is 16.1. The smallest absolute Gasteiger partial charge is 0.270 e. The van der Waals surface area contributed by atoms with Gasteiger partial charge in [-0.1, -0.05) is 43.2 Å². The molecular formula is C20H25N3O. The molecule has 2 heterocycles. The minimum absolute atomic E-state index is 0.0363. The van der Waals surface area contributed by atoms with Crippen molar-refractivity contribution in [3.05, 3.63) is 59.9 Å². The Morgan fingerprint density at radius 2 is 1.75 bits per heavy atom. The van der Waals surface area contributed by atoms with Gasteiger partial charge in [0.1, 0.15) is 5.69 Å². The summed E-state index contributed by atoms with van der Waals surface area (Å²) in [4.78, 5) is 19.1. The van der Waals surface area contributed by atoms with Crippen LogP contribution in [0.3, 0.4) is 0 Å². The summed E-state index contributed by atoms with van der Waals surface area (Å²) in [5.41, 5.74) is 2.67. The van der Waals surface area contributed by atoms with E-state index in [-0.39, 0.29) is 11.9 Å². The third-order valence-corrected chi connectivity index (χ3v) is 4.60. The van der Waals surface area contributed by atoms with E-state index in [2.05, 4.69) is 15.2 Å². The molecule has 1 unspecified atom stereocenters. The Morgan fingerprint density at radius 3 is 2.38 bits per heavy atom. The molecule has 4 nitrogen and oxygen atoms in total. The van der Waals surface area contributed by atoms with E-state index in [4.69, 9.17) is 0 Å². The Morgan fingerprint density at radius 1 is 1.04 bits per heavy atom. The Labute approximate surface area is 143 Å². The molecule has 1 aliphatic rings. The second kappa shape index (κ2) is 7.95. The molecule has 1 N–H and O–H groups in total. The summed E-state index contributed by atoms with van der Waals surface area (Å²) in [6.45, 7) is 4.15. The third kappa shape index (κ3) is 4.13. The first-order valence-corrected chi connectivity index (χ1v) is 8.81. The minimum Gasteiger partial charge on any atom is -0.370 e. The van der Waals surface area contributed by atoms with E-state index >= 15 is 0 Å². The molecule has 0 spiro atoms. The van der Waals surface area contributed by atoms with Gasteiger partial charge in [-0.05, 0) is 37.5 Å². The molecule has 1 aromatic carbocycles. The second-order valence-electron chi connectivity index (χ2n) is 6.41. The first kappa shape index (κ1) is 16.5.